The monoisotopic (exact) mass is 341 g/mol. The summed E-state index contributed by atoms with van der Waals surface area (Å²) in [5.41, 5.74) is 0.908. The molecule has 1 N–H and O–H groups in total. The van der Waals surface area contributed by atoms with E-state index in [0.29, 0.717) is 25.8 Å². The van der Waals surface area contributed by atoms with Crippen LogP contribution in [0.2, 0.25) is 0 Å². The third kappa shape index (κ3) is 5.13. The first kappa shape index (κ1) is 17.6. The van der Waals surface area contributed by atoms with Crippen LogP contribution in [0.4, 0.5) is 0 Å². The average molecular weight is 341 g/mol. The summed E-state index contributed by atoms with van der Waals surface area (Å²) < 4.78 is 33.2. The van der Waals surface area contributed by atoms with E-state index in [1.807, 2.05) is 18.2 Å². The molecular weight excluding hydrogens is 318 g/mol. The van der Waals surface area contributed by atoms with Gasteiger partial charge in [0, 0.05) is 13.0 Å². The molecule has 6 nitrogen and oxygen atoms in total. The molecule has 0 aromatic heterocycles. The maximum atomic E-state index is 12.0. The maximum absolute atomic E-state index is 12.0. The van der Waals surface area contributed by atoms with Crippen LogP contribution in [-0.2, 0) is 21.1 Å². The molecule has 0 radical (unpaired) electrons. The van der Waals surface area contributed by atoms with Crippen LogP contribution in [0, 0.1) is 5.92 Å². The Morgan fingerprint density at radius 3 is 2.70 bits per heavy atom. The number of hydrogen-bond donors (Lipinski definition) is 1. The van der Waals surface area contributed by atoms with Gasteiger partial charge in [0.15, 0.2) is 9.84 Å². The number of ether oxygens (including phenoxy) is 2. The van der Waals surface area contributed by atoms with Gasteiger partial charge in [-0.2, -0.15) is 0 Å². The van der Waals surface area contributed by atoms with Gasteiger partial charge in [-0.05, 0) is 42.5 Å². The minimum atomic E-state index is -2.90. The normalized spacial score (nSPS) is 19.3. The first-order valence-corrected chi connectivity index (χ1v) is 9.43. The average Bonchev–Trinajstić information content (AvgIpc) is 2.89. The van der Waals surface area contributed by atoms with Crippen molar-refractivity contribution in [3.05, 3.63) is 23.8 Å². The van der Waals surface area contributed by atoms with Crippen LogP contribution >= 0.6 is 0 Å². The van der Waals surface area contributed by atoms with Crippen molar-refractivity contribution >= 4 is 15.7 Å². The third-order valence-corrected chi connectivity index (χ3v) is 5.86. The minimum absolute atomic E-state index is 0.0373. The van der Waals surface area contributed by atoms with Gasteiger partial charge in [0.05, 0.1) is 25.7 Å². The van der Waals surface area contributed by atoms with Gasteiger partial charge >= 0.3 is 0 Å². The lowest BCUT2D eigenvalue weighted by molar-refractivity contribution is -0.121. The highest BCUT2D eigenvalue weighted by molar-refractivity contribution is 7.91. The van der Waals surface area contributed by atoms with Crippen LogP contribution in [0.5, 0.6) is 11.5 Å². The summed E-state index contributed by atoms with van der Waals surface area (Å²) in [4.78, 5) is 12.0. The Labute approximate surface area is 137 Å². The van der Waals surface area contributed by atoms with E-state index in [9.17, 15) is 13.2 Å². The zero-order valence-corrected chi connectivity index (χ0v) is 14.3. The van der Waals surface area contributed by atoms with Gasteiger partial charge in [-0.3, -0.25) is 4.79 Å². The van der Waals surface area contributed by atoms with E-state index in [2.05, 4.69) is 5.32 Å². The summed E-state index contributed by atoms with van der Waals surface area (Å²) in [7, 11) is 0.283. The Morgan fingerprint density at radius 1 is 1.30 bits per heavy atom. The molecule has 7 heteroatoms. The van der Waals surface area contributed by atoms with Gasteiger partial charge in [0.25, 0.3) is 0 Å². The van der Waals surface area contributed by atoms with E-state index in [1.54, 1.807) is 14.2 Å². The standard InChI is InChI=1S/C16H23NO5S/c1-21-14-4-5-15(22-2)13(9-14)3-6-16(18)17-10-12-7-8-23(19,20)11-12/h4-5,9,12H,3,6-8,10-11H2,1-2H3,(H,17,18)/t12-/m1/s1. The van der Waals surface area contributed by atoms with Crippen molar-refractivity contribution in [1.82, 2.24) is 5.32 Å². The molecular formula is C16H23NO5S. The maximum Gasteiger partial charge on any atom is 0.220 e. The number of amides is 1. The lowest BCUT2D eigenvalue weighted by Crippen LogP contribution is -2.30. The van der Waals surface area contributed by atoms with Crippen molar-refractivity contribution in [3.8, 4) is 11.5 Å². The number of aryl methyl sites for hydroxylation is 1. The summed E-state index contributed by atoms with van der Waals surface area (Å²) in [5, 5.41) is 2.82. The molecule has 1 aromatic carbocycles. The van der Waals surface area contributed by atoms with Gasteiger partial charge in [0.1, 0.15) is 11.5 Å². The number of nitrogens with one attached hydrogen (secondary N) is 1. The predicted molar refractivity (Wildman–Crippen MR) is 87.6 cm³/mol. The molecule has 1 aliphatic rings. The van der Waals surface area contributed by atoms with Crippen LogP contribution in [0.3, 0.4) is 0 Å². The third-order valence-electron chi connectivity index (χ3n) is 4.02. The number of sulfone groups is 1. The number of methoxy groups -OCH3 is 2. The molecule has 1 aliphatic heterocycles. The number of rotatable bonds is 7. The number of carbonyl (C=O) groups excluding carboxylic acids is 1. The molecule has 1 fully saturated rings. The van der Waals surface area contributed by atoms with Crippen molar-refractivity contribution in [3.63, 3.8) is 0 Å². The smallest absolute Gasteiger partial charge is 0.220 e. The predicted octanol–water partition coefficient (Wildman–Crippen LogP) is 1.19. The lowest BCUT2D eigenvalue weighted by atomic mass is 10.1. The van der Waals surface area contributed by atoms with Crippen LogP contribution in [-0.4, -0.2) is 46.6 Å². The van der Waals surface area contributed by atoms with Crippen molar-refractivity contribution in [1.29, 1.82) is 0 Å². The van der Waals surface area contributed by atoms with E-state index < -0.39 is 9.84 Å². The molecule has 1 heterocycles. The first-order valence-electron chi connectivity index (χ1n) is 7.61. The van der Waals surface area contributed by atoms with E-state index >= 15 is 0 Å². The number of hydrogen-bond acceptors (Lipinski definition) is 5. The van der Waals surface area contributed by atoms with Gasteiger partial charge in [-0.25, -0.2) is 8.42 Å². The lowest BCUT2D eigenvalue weighted by Gasteiger charge is -2.12. The van der Waals surface area contributed by atoms with Gasteiger partial charge in [-0.15, -0.1) is 0 Å². The van der Waals surface area contributed by atoms with E-state index in [1.165, 1.54) is 0 Å². The molecule has 0 unspecified atom stereocenters. The fourth-order valence-electron chi connectivity index (χ4n) is 2.71. The minimum Gasteiger partial charge on any atom is -0.497 e. The van der Waals surface area contributed by atoms with Crippen molar-refractivity contribution in [2.75, 3.05) is 32.3 Å². The summed E-state index contributed by atoms with van der Waals surface area (Å²) in [6, 6.07) is 5.48. The second-order valence-corrected chi connectivity index (χ2v) is 7.98. The highest BCUT2D eigenvalue weighted by Crippen LogP contribution is 2.25. The van der Waals surface area contributed by atoms with E-state index in [-0.39, 0.29) is 23.3 Å². The summed E-state index contributed by atoms with van der Waals surface area (Å²) in [6.45, 7) is 0.424. The molecule has 0 saturated carbocycles. The van der Waals surface area contributed by atoms with Crippen molar-refractivity contribution < 1.29 is 22.7 Å². The number of carbonyl (C=O) groups is 1. The van der Waals surface area contributed by atoms with Gasteiger partial charge in [-0.1, -0.05) is 0 Å². The Hall–Kier alpha value is -1.76. The SMILES string of the molecule is COc1ccc(OC)c(CCC(=O)NC[C@H]2CCS(=O)(=O)C2)c1. The Morgan fingerprint density at radius 2 is 2.09 bits per heavy atom. The largest absolute Gasteiger partial charge is 0.497 e. The molecule has 128 valence electrons. The second kappa shape index (κ2) is 7.68. The Bertz CT molecular complexity index is 656. The zero-order chi connectivity index (χ0) is 16.9. The fraction of sp³-hybridized carbons (Fsp3) is 0.562. The fourth-order valence-corrected chi connectivity index (χ4v) is 4.57. The molecule has 0 aliphatic carbocycles. The van der Waals surface area contributed by atoms with Crippen molar-refractivity contribution in [2.45, 2.75) is 19.3 Å². The molecule has 1 aromatic rings. The molecule has 1 amide bonds. The first-order chi connectivity index (χ1) is 10.9. The van der Waals surface area contributed by atoms with Gasteiger partial charge < -0.3 is 14.8 Å². The van der Waals surface area contributed by atoms with Crippen LogP contribution < -0.4 is 14.8 Å². The Kier molecular flexibility index (Phi) is 5.87. The van der Waals surface area contributed by atoms with E-state index in [4.69, 9.17) is 9.47 Å². The topological polar surface area (TPSA) is 81.7 Å². The molecule has 1 atom stereocenters. The van der Waals surface area contributed by atoms with Crippen LogP contribution in [0.1, 0.15) is 18.4 Å². The Balaban J connectivity index is 1.82. The number of benzene rings is 1. The molecule has 0 bridgehead atoms. The summed E-state index contributed by atoms with van der Waals surface area (Å²) in [6.07, 6.45) is 1.49. The zero-order valence-electron chi connectivity index (χ0n) is 13.5. The molecule has 2 rings (SSSR count). The molecule has 0 spiro atoms. The molecule has 23 heavy (non-hydrogen) atoms. The second-order valence-electron chi connectivity index (χ2n) is 5.75. The molecule has 1 saturated heterocycles. The summed E-state index contributed by atoms with van der Waals surface area (Å²) >= 11 is 0. The van der Waals surface area contributed by atoms with E-state index in [0.717, 1.165) is 17.1 Å². The van der Waals surface area contributed by atoms with Crippen molar-refractivity contribution in [2.24, 2.45) is 5.92 Å². The summed E-state index contributed by atoms with van der Waals surface area (Å²) in [5.74, 6) is 1.80. The van der Waals surface area contributed by atoms with Gasteiger partial charge in [0.2, 0.25) is 5.91 Å². The highest BCUT2D eigenvalue weighted by Gasteiger charge is 2.27. The quantitative estimate of drug-likeness (QED) is 0.805. The highest BCUT2D eigenvalue weighted by atomic mass is 32.2. The van der Waals surface area contributed by atoms with Crippen LogP contribution in [0.25, 0.3) is 0 Å². The van der Waals surface area contributed by atoms with Crippen LogP contribution in [0.15, 0.2) is 18.2 Å².